The molecule has 2 N–H and O–H groups in total. The highest BCUT2D eigenvalue weighted by atomic mass is 32.1. The zero-order valence-electron chi connectivity index (χ0n) is 19.3. The van der Waals surface area contributed by atoms with Crippen LogP contribution in [0.3, 0.4) is 0 Å². The van der Waals surface area contributed by atoms with E-state index in [1.54, 1.807) is 23.6 Å². The van der Waals surface area contributed by atoms with E-state index in [9.17, 15) is 14.4 Å². The molecular formula is C24H28N6O3S. The number of carbonyl (C=O) groups excluding carboxylic acids is 3. The summed E-state index contributed by atoms with van der Waals surface area (Å²) in [6.45, 7) is 4.68. The highest BCUT2D eigenvalue weighted by Gasteiger charge is 2.52. The molecule has 9 nitrogen and oxygen atoms in total. The number of fused-ring (bicyclic) bond motifs is 1. The van der Waals surface area contributed by atoms with Gasteiger partial charge in [0.25, 0.3) is 11.8 Å². The Morgan fingerprint density at radius 1 is 1.29 bits per heavy atom. The number of carbonyl (C=O) groups is 3. The van der Waals surface area contributed by atoms with Crippen LogP contribution in [0.25, 0.3) is 21.6 Å². The Morgan fingerprint density at radius 2 is 2.09 bits per heavy atom. The topological polar surface area (TPSA) is 109 Å². The Morgan fingerprint density at radius 3 is 2.79 bits per heavy atom. The number of urea groups is 1. The maximum absolute atomic E-state index is 13.2. The Bertz CT molecular complexity index is 1240. The third-order valence-electron chi connectivity index (χ3n) is 6.62. The van der Waals surface area contributed by atoms with E-state index in [-0.39, 0.29) is 30.4 Å². The number of rotatable bonds is 7. The van der Waals surface area contributed by atoms with Gasteiger partial charge >= 0.3 is 6.03 Å². The van der Waals surface area contributed by atoms with Crippen LogP contribution in [0.2, 0.25) is 0 Å². The molecule has 0 bridgehead atoms. The zero-order valence-corrected chi connectivity index (χ0v) is 20.2. The molecule has 3 aromatic rings. The minimum absolute atomic E-state index is 0.104. The summed E-state index contributed by atoms with van der Waals surface area (Å²) in [6.07, 6.45) is 5.50. The van der Waals surface area contributed by atoms with Crippen LogP contribution in [0.15, 0.2) is 29.8 Å². The van der Waals surface area contributed by atoms with Crippen LogP contribution in [0.1, 0.15) is 62.4 Å². The van der Waals surface area contributed by atoms with E-state index in [4.69, 9.17) is 4.98 Å². The fraction of sp³-hybridized carbons (Fsp3) is 0.458. The van der Waals surface area contributed by atoms with Crippen LogP contribution in [0.5, 0.6) is 0 Å². The second-order valence-corrected chi connectivity index (χ2v) is 10.2. The highest BCUT2D eigenvalue weighted by Crippen LogP contribution is 2.35. The number of hydrogen-bond acceptors (Lipinski definition) is 6. The van der Waals surface area contributed by atoms with Crippen molar-refractivity contribution in [3.63, 3.8) is 0 Å². The lowest BCUT2D eigenvalue weighted by Crippen LogP contribution is -2.44. The highest BCUT2D eigenvalue weighted by molar-refractivity contribution is 7.13. The first-order chi connectivity index (χ1) is 16.4. The Labute approximate surface area is 201 Å². The lowest BCUT2D eigenvalue weighted by molar-refractivity contribution is -0.131. The molecule has 1 saturated heterocycles. The predicted molar refractivity (Wildman–Crippen MR) is 130 cm³/mol. The first-order valence-corrected chi connectivity index (χ1v) is 12.6. The van der Waals surface area contributed by atoms with Gasteiger partial charge in [-0.15, -0.1) is 11.3 Å². The molecule has 3 aromatic heterocycles. The van der Waals surface area contributed by atoms with Gasteiger partial charge in [-0.05, 0) is 50.6 Å². The minimum Gasteiger partial charge on any atom is -0.352 e. The summed E-state index contributed by atoms with van der Waals surface area (Å²) >= 11 is 1.57. The molecule has 0 atom stereocenters. The molecule has 2 aliphatic rings. The van der Waals surface area contributed by atoms with Gasteiger partial charge in [0.05, 0.1) is 27.7 Å². The molecule has 1 saturated carbocycles. The summed E-state index contributed by atoms with van der Waals surface area (Å²) in [7, 11) is 0. The SMILES string of the molecule is CC(C)n1ncc2c(C(=O)NCCCN3C(=O)NC4(CCCC4)C3=O)cc(-c3cccs3)nc21. The van der Waals surface area contributed by atoms with Crippen LogP contribution in [-0.2, 0) is 4.79 Å². The van der Waals surface area contributed by atoms with Gasteiger partial charge in [0.15, 0.2) is 5.65 Å². The van der Waals surface area contributed by atoms with Gasteiger partial charge in [-0.1, -0.05) is 18.9 Å². The lowest BCUT2D eigenvalue weighted by Gasteiger charge is -2.20. The van der Waals surface area contributed by atoms with Crippen LogP contribution in [0, 0.1) is 0 Å². The Balaban J connectivity index is 1.29. The number of thiophene rings is 1. The summed E-state index contributed by atoms with van der Waals surface area (Å²) in [4.78, 5) is 45.3. The maximum Gasteiger partial charge on any atom is 0.325 e. The smallest absolute Gasteiger partial charge is 0.325 e. The fourth-order valence-corrected chi connectivity index (χ4v) is 5.55. The Hall–Kier alpha value is -3.27. The van der Waals surface area contributed by atoms with Crippen LogP contribution in [0.4, 0.5) is 4.79 Å². The second kappa shape index (κ2) is 8.83. The molecule has 4 heterocycles. The van der Waals surface area contributed by atoms with Crippen LogP contribution in [-0.4, -0.2) is 56.1 Å². The van der Waals surface area contributed by atoms with Crippen molar-refractivity contribution in [1.82, 2.24) is 30.3 Å². The molecule has 1 spiro atoms. The maximum atomic E-state index is 13.2. The first kappa shape index (κ1) is 22.5. The van der Waals surface area contributed by atoms with Crippen molar-refractivity contribution in [2.45, 2.75) is 57.5 Å². The summed E-state index contributed by atoms with van der Waals surface area (Å²) < 4.78 is 1.82. The molecule has 2 fully saturated rings. The monoisotopic (exact) mass is 480 g/mol. The Kier molecular flexibility index (Phi) is 5.85. The van der Waals surface area contributed by atoms with Gasteiger partial charge < -0.3 is 10.6 Å². The van der Waals surface area contributed by atoms with E-state index in [1.807, 2.05) is 36.0 Å². The van der Waals surface area contributed by atoms with E-state index in [0.717, 1.165) is 23.4 Å². The van der Waals surface area contributed by atoms with Crippen LogP contribution >= 0.6 is 11.3 Å². The molecule has 1 aliphatic heterocycles. The zero-order chi connectivity index (χ0) is 23.9. The second-order valence-electron chi connectivity index (χ2n) is 9.24. The van der Waals surface area contributed by atoms with Gasteiger partial charge in [0.1, 0.15) is 5.54 Å². The molecule has 0 aromatic carbocycles. The number of nitrogens with one attached hydrogen (secondary N) is 2. The summed E-state index contributed by atoms with van der Waals surface area (Å²) in [6, 6.07) is 5.52. The average Bonchev–Trinajstić information content (AvgIpc) is 3.60. The van der Waals surface area contributed by atoms with Crippen molar-refractivity contribution in [3.05, 3.63) is 35.3 Å². The normalized spacial score (nSPS) is 17.3. The van der Waals surface area contributed by atoms with E-state index >= 15 is 0 Å². The van der Waals surface area contributed by atoms with Gasteiger partial charge in [0.2, 0.25) is 0 Å². The van der Waals surface area contributed by atoms with Crippen molar-refractivity contribution in [2.24, 2.45) is 0 Å². The fourth-order valence-electron chi connectivity index (χ4n) is 4.87. The first-order valence-electron chi connectivity index (χ1n) is 11.7. The van der Waals surface area contributed by atoms with Gasteiger partial charge in [0, 0.05) is 19.1 Å². The third kappa shape index (κ3) is 3.85. The number of imide groups is 1. The van der Waals surface area contributed by atoms with Crippen molar-refractivity contribution in [1.29, 1.82) is 0 Å². The van der Waals surface area contributed by atoms with E-state index in [0.29, 0.717) is 42.4 Å². The molecule has 5 rings (SSSR count). The lowest BCUT2D eigenvalue weighted by atomic mass is 9.98. The minimum atomic E-state index is -0.697. The predicted octanol–water partition coefficient (Wildman–Crippen LogP) is 3.73. The summed E-state index contributed by atoms with van der Waals surface area (Å²) in [5.41, 5.74) is 1.22. The summed E-state index contributed by atoms with van der Waals surface area (Å²) in [5.74, 6) is -0.350. The molecular weight excluding hydrogens is 452 g/mol. The van der Waals surface area contributed by atoms with Gasteiger partial charge in [-0.25, -0.2) is 14.5 Å². The van der Waals surface area contributed by atoms with E-state index in [1.165, 1.54) is 4.90 Å². The number of pyridine rings is 1. The third-order valence-corrected chi connectivity index (χ3v) is 7.51. The number of aromatic nitrogens is 3. The largest absolute Gasteiger partial charge is 0.352 e. The molecule has 0 unspecified atom stereocenters. The van der Waals surface area contributed by atoms with Crippen molar-refractivity contribution >= 4 is 40.2 Å². The molecule has 1 aliphatic carbocycles. The number of hydrogen-bond donors (Lipinski definition) is 2. The van der Waals surface area contributed by atoms with Crippen molar-refractivity contribution < 1.29 is 14.4 Å². The van der Waals surface area contributed by atoms with Crippen LogP contribution < -0.4 is 10.6 Å². The molecule has 178 valence electrons. The van der Waals surface area contributed by atoms with Gasteiger partial charge in [-0.3, -0.25) is 14.5 Å². The quantitative estimate of drug-likeness (QED) is 0.396. The average molecular weight is 481 g/mol. The molecule has 10 heteroatoms. The van der Waals surface area contributed by atoms with E-state index in [2.05, 4.69) is 15.7 Å². The van der Waals surface area contributed by atoms with Gasteiger partial charge in [-0.2, -0.15) is 5.10 Å². The molecule has 4 amide bonds. The molecule has 0 radical (unpaired) electrons. The molecule has 34 heavy (non-hydrogen) atoms. The number of amides is 4. The van der Waals surface area contributed by atoms with Crippen molar-refractivity contribution in [2.75, 3.05) is 13.1 Å². The van der Waals surface area contributed by atoms with Crippen molar-refractivity contribution in [3.8, 4) is 10.6 Å². The van der Waals surface area contributed by atoms with E-state index < -0.39 is 5.54 Å². The number of nitrogens with zero attached hydrogens (tertiary/aromatic N) is 4. The summed E-state index contributed by atoms with van der Waals surface area (Å²) in [5, 5.41) is 13.0. The standard InChI is InChI=1S/C24H28N6O3S/c1-15(2)30-20-17(14-26-30)16(13-18(27-20)19-7-5-12-34-19)21(31)25-10-6-11-29-22(32)24(28-23(29)33)8-3-4-9-24/h5,7,12-15H,3-4,6,8-11H2,1-2H3,(H,25,31)(H,28,33).